The van der Waals surface area contributed by atoms with E-state index in [-0.39, 0.29) is 41.1 Å². The Hall–Kier alpha value is -4.64. The maximum atomic E-state index is 15.7. The number of nitrogens with zero attached hydrogens (tertiary/aromatic N) is 5. The molecule has 0 spiro atoms. The molecule has 2 aromatic heterocycles. The molecule has 2 fully saturated rings. The molecule has 45 heavy (non-hydrogen) atoms. The van der Waals surface area contributed by atoms with E-state index in [0.29, 0.717) is 24.2 Å². The van der Waals surface area contributed by atoms with Gasteiger partial charge < -0.3 is 19.7 Å². The zero-order valence-corrected chi connectivity index (χ0v) is 24.8. The van der Waals surface area contributed by atoms with Crippen LogP contribution in [-0.4, -0.2) is 66.4 Å². The molecule has 0 amide bonds. The summed E-state index contributed by atoms with van der Waals surface area (Å²) in [4.78, 5) is 25.0. The van der Waals surface area contributed by atoms with Crippen LogP contribution in [0.5, 0.6) is 6.01 Å². The second-order valence-electron chi connectivity index (χ2n) is 12.0. The molecule has 232 valence electrons. The number of aromatic nitrogens is 5. The average molecular weight is 613 g/mol. The first-order chi connectivity index (χ1) is 21.9. The van der Waals surface area contributed by atoms with Crippen molar-refractivity contribution in [1.29, 1.82) is 0 Å². The van der Waals surface area contributed by atoms with Gasteiger partial charge in [-0.3, -0.25) is 9.48 Å². The Kier molecular flexibility index (Phi) is 8.01. The first-order valence-electron chi connectivity index (χ1n) is 15.5. The Morgan fingerprint density at radius 3 is 2.24 bits per heavy atom. The summed E-state index contributed by atoms with van der Waals surface area (Å²) < 4.78 is 38.7. The van der Waals surface area contributed by atoms with Gasteiger partial charge in [0.2, 0.25) is 0 Å². The number of hydrogen-bond acceptors (Lipinski definition) is 6. The first kappa shape index (κ1) is 29.1. The summed E-state index contributed by atoms with van der Waals surface area (Å²) in [6.45, 7) is 4.12. The molecule has 7 rings (SSSR count). The lowest BCUT2D eigenvalue weighted by Crippen LogP contribution is -2.39. The highest BCUT2D eigenvalue weighted by molar-refractivity contribution is 5.84. The van der Waals surface area contributed by atoms with E-state index in [1.165, 1.54) is 12.5 Å². The fourth-order valence-electron chi connectivity index (χ4n) is 6.26. The molecule has 0 unspecified atom stereocenters. The lowest BCUT2D eigenvalue weighted by atomic mass is 9.85. The molecule has 3 heterocycles. The molecule has 5 aromatic rings. The molecule has 9 nitrogen and oxygen atoms in total. The van der Waals surface area contributed by atoms with Gasteiger partial charge in [0.1, 0.15) is 23.8 Å². The van der Waals surface area contributed by atoms with Crippen LogP contribution < -0.4 is 4.74 Å². The van der Waals surface area contributed by atoms with Crippen molar-refractivity contribution < 1.29 is 23.4 Å². The van der Waals surface area contributed by atoms with E-state index >= 15 is 8.78 Å². The summed E-state index contributed by atoms with van der Waals surface area (Å²) in [5, 5.41) is 13.6. The van der Waals surface area contributed by atoms with Crippen LogP contribution in [0.15, 0.2) is 60.9 Å². The monoisotopic (exact) mass is 612 g/mol. The van der Waals surface area contributed by atoms with Crippen molar-refractivity contribution in [3.8, 4) is 39.7 Å². The normalized spacial score (nSPS) is 18.6. The van der Waals surface area contributed by atoms with Gasteiger partial charge in [-0.2, -0.15) is 10.1 Å². The minimum Gasteiger partial charge on any atom is -0.481 e. The number of halogens is 2. The van der Waals surface area contributed by atoms with Crippen molar-refractivity contribution in [3.63, 3.8) is 0 Å². The molecule has 2 aliphatic rings. The number of aromatic amines is 1. The number of nitrogens with one attached hydrogen (secondary N) is 1. The maximum Gasteiger partial charge on any atom is 0.303 e. The molecule has 11 heteroatoms. The minimum absolute atomic E-state index is 0.0113. The molecule has 1 saturated heterocycles. The number of H-pyrrole nitrogens is 1. The average Bonchev–Trinajstić information content (AvgIpc) is 3.65. The van der Waals surface area contributed by atoms with Gasteiger partial charge in [-0.15, -0.1) is 0 Å². The Balaban J connectivity index is 1.03. The van der Waals surface area contributed by atoms with Crippen molar-refractivity contribution in [2.24, 2.45) is 5.92 Å². The zero-order chi connectivity index (χ0) is 30.9. The number of benzene rings is 3. The third-order valence-electron chi connectivity index (χ3n) is 8.96. The zero-order valence-electron chi connectivity index (χ0n) is 24.8. The predicted octanol–water partition coefficient (Wildman–Crippen LogP) is 6.55. The number of likely N-dealkylation sites (tertiary alicyclic amines) is 1. The number of imidazole rings is 1. The van der Waals surface area contributed by atoms with Crippen LogP contribution in [0, 0.1) is 17.6 Å². The SMILES string of the molecule is O=C(O)C[C@H]1CC[C@H](Oc2nc3c(F)c(-c4ccc(-c5ccc(-c6ncn(CCN7CCC7)n6)cc5)cc4)c(F)cc3[nH]2)CC1. The standard InChI is InChI=1S/C34H34F2N6O3/c35-27-19-28-32(39-34(38-28)45-26-12-2-21(3-13-26)18-29(43)44)31(36)30(27)24-8-4-22(5-9-24)23-6-10-25(11-7-23)33-37-20-42(40-33)17-16-41-14-1-15-41/h4-11,19-21,26H,1-3,12-18H2,(H,38,39)(H,43,44)/t21-,26-. The quantitative estimate of drug-likeness (QED) is 0.184. The summed E-state index contributed by atoms with van der Waals surface area (Å²) in [6.07, 6.45) is 5.90. The van der Waals surface area contributed by atoms with Crippen molar-refractivity contribution in [2.75, 3.05) is 19.6 Å². The number of carbonyl (C=O) groups is 1. The largest absolute Gasteiger partial charge is 0.481 e. The van der Waals surface area contributed by atoms with Crippen molar-refractivity contribution in [3.05, 3.63) is 72.6 Å². The number of rotatable bonds is 10. The van der Waals surface area contributed by atoms with Crippen LogP contribution in [0.4, 0.5) is 8.78 Å². The molecular weight excluding hydrogens is 578 g/mol. The molecule has 3 aromatic carbocycles. The molecule has 0 atom stereocenters. The number of fused-ring (bicyclic) bond motifs is 1. The van der Waals surface area contributed by atoms with Gasteiger partial charge >= 0.3 is 5.97 Å². The third-order valence-corrected chi connectivity index (χ3v) is 8.96. The van der Waals surface area contributed by atoms with Crippen molar-refractivity contribution in [1.82, 2.24) is 29.6 Å². The van der Waals surface area contributed by atoms with Crippen molar-refractivity contribution in [2.45, 2.75) is 51.2 Å². The fraction of sp³-hybridized carbons (Fsp3) is 0.353. The second-order valence-corrected chi connectivity index (χ2v) is 12.0. The van der Waals surface area contributed by atoms with E-state index in [1.807, 2.05) is 41.1 Å². The number of carboxylic acid groups (broad SMARTS) is 1. The lowest BCUT2D eigenvalue weighted by Gasteiger charge is -2.30. The molecule has 1 aliphatic carbocycles. The molecular formula is C34H34F2N6O3. The van der Waals surface area contributed by atoms with E-state index in [9.17, 15) is 4.79 Å². The van der Waals surface area contributed by atoms with Gasteiger partial charge in [-0.1, -0.05) is 48.5 Å². The topological polar surface area (TPSA) is 109 Å². The Labute approximate surface area is 258 Å². The van der Waals surface area contributed by atoms with E-state index in [2.05, 4.69) is 25.0 Å². The van der Waals surface area contributed by atoms with E-state index in [0.717, 1.165) is 55.7 Å². The highest BCUT2D eigenvalue weighted by Crippen LogP contribution is 2.35. The van der Waals surface area contributed by atoms with Crippen LogP contribution in [0.2, 0.25) is 0 Å². The molecule has 1 aliphatic heterocycles. The second kappa shape index (κ2) is 12.4. The number of hydrogen-bond donors (Lipinski definition) is 2. The van der Waals surface area contributed by atoms with Gasteiger partial charge in [0.25, 0.3) is 6.01 Å². The summed E-state index contributed by atoms with van der Waals surface area (Å²) in [6, 6.07) is 16.4. The fourth-order valence-corrected chi connectivity index (χ4v) is 6.26. The van der Waals surface area contributed by atoms with Crippen LogP contribution in [0.25, 0.3) is 44.7 Å². The highest BCUT2D eigenvalue weighted by atomic mass is 19.1. The van der Waals surface area contributed by atoms with E-state index in [4.69, 9.17) is 9.84 Å². The lowest BCUT2D eigenvalue weighted by molar-refractivity contribution is -0.138. The molecule has 0 radical (unpaired) electrons. The number of ether oxygens (including phenoxy) is 1. The summed E-state index contributed by atoms with van der Waals surface area (Å²) in [7, 11) is 0. The van der Waals surface area contributed by atoms with Crippen LogP contribution in [0.3, 0.4) is 0 Å². The van der Waals surface area contributed by atoms with Gasteiger partial charge in [0.05, 0.1) is 17.6 Å². The molecule has 2 N–H and O–H groups in total. The molecule has 0 bridgehead atoms. The smallest absolute Gasteiger partial charge is 0.303 e. The maximum absolute atomic E-state index is 15.7. The van der Waals surface area contributed by atoms with Crippen LogP contribution >= 0.6 is 0 Å². The Morgan fingerprint density at radius 2 is 1.60 bits per heavy atom. The van der Waals surface area contributed by atoms with Gasteiger partial charge in [0, 0.05) is 24.6 Å². The van der Waals surface area contributed by atoms with E-state index in [1.54, 1.807) is 18.5 Å². The predicted molar refractivity (Wildman–Crippen MR) is 166 cm³/mol. The number of carboxylic acids is 1. The van der Waals surface area contributed by atoms with Crippen molar-refractivity contribution >= 4 is 17.0 Å². The summed E-state index contributed by atoms with van der Waals surface area (Å²) in [5.74, 6) is -1.43. The summed E-state index contributed by atoms with van der Waals surface area (Å²) in [5.41, 5.74) is 3.28. The molecule has 1 saturated carbocycles. The first-order valence-corrected chi connectivity index (χ1v) is 15.5. The summed E-state index contributed by atoms with van der Waals surface area (Å²) >= 11 is 0. The Bertz CT molecular complexity index is 1810. The minimum atomic E-state index is -0.793. The van der Waals surface area contributed by atoms with Gasteiger partial charge in [-0.25, -0.2) is 13.8 Å². The third kappa shape index (κ3) is 6.30. The van der Waals surface area contributed by atoms with Crippen LogP contribution in [0.1, 0.15) is 38.5 Å². The highest BCUT2D eigenvalue weighted by Gasteiger charge is 2.26. The number of aliphatic carboxylic acids is 1. The van der Waals surface area contributed by atoms with E-state index < -0.39 is 17.6 Å². The van der Waals surface area contributed by atoms with Gasteiger partial charge in [0.15, 0.2) is 11.6 Å². The Morgan fingerprint density at radius 1 is 0.933 bits per heavy atom. The van der Waals surface area contributed by atoms with Gasteiger partial charge in [-0.05, 0) is 67.8 Å². The van der Waals surface area contributed by atoms with Crippen LogP contribution in [-0.2, 0) is 11.3 Å².